The van der Waals surface area contributed by atoms with Crippen molar-refractivity contribution in [1.29, 1.82) is 0 Å². The van der Waals surface area contributed by atoms with Crippen molar-refractivity contribution in [2.45, 2.75) is 44.0 Å². The van der Waals surface area contributed by atoms with Crippen LogP contribution in [0, 0.1) is 0 Å². The molecule has 1 aromatic rings. The van der Waals surface area contributed by atoms with Crippen LogP contribution < -0.4 is 10.6 Å². The Labute approximate surface area is 135 Å². The van der Waals surface area contributed by atoms with Gasteiger partial charge in [-0.25, -0.2) is 4.79 Å². The molecule has 1 aliphatic heterocycles. The minimum absolute atomic E-state index is 0.0749. The van der Waals surface area contributed by atoms with Crippen LogP contribution in [0.4, 0.5) is 10.5 Å². The molecular weight excluding hydrogens is 304 g/mol. The van der Waals surface area contributed by atoms with Crippen LogP contribution in [0.15, 0.2) is 24.3 Å². The van der Waals surface area contributed by atoms with E-state index in [0.29, 0.717) is 23.9 Å². The molecule has 0 radical (unpaired) electrons. The van der Waals surface area contributed by atoms with Gasteiger partial charge in [-0.15, -0.1) is 0 Å². The maximum atomic E-state index is 11.9. The van der Waals surface area contributed by atoms with Gasteiger partial charge in [0.05, 0.1) is 6.61 Å². The molecule has 1 spiro atoms. The Bertz CT molecular complexity index is 515. The first-order chi connectivity index (χ1) is 10.7. The first-order valence-corrected chi connectivity index (χ1v) is 8.15. The van der Waals surface area contributed by atoms with Gasteiger partial charge in [-0.05, 0) is 37.1 Å². The Hall–Kier alpha value is -1.30. The Morgan fingerprint density at radius 1 is 1.23 bits per heavy atom. The van der Waals surface area contributed by atoms with Gasteiger partial charge in [-0.1, -0.05) is 18.0 Å². The molecule has 5 nitrogen and oxygen atoms in total. The third kappa shape index (κ3) is 3.91. The number of nitrogens with one attached hydrogen (secondary N) is 2. The fourth-order valence-electron chi connectivity index (χ4n) is 2.98. The van der Waals surface area contributed by atoms with Crippen molar-refractivity contribution in [3.63, 3.8) is 0 Å². The summed E-state index contributed by atoms with van der Waals surface area (Å²) < 4.78 is 11.9. The van der Waals surface area contributed by atoms with Gasteiger partial charge in [0.25, 0.3) is 0 Å². The van der Waals surface area contributed by atoms with Crippen molar-refractivity contribution in [2.24, 2.45) is 0 Å². The Morgan fingerprint density at radius 2 is 1.95 bits per heavy atom. The molecule has 3 rings (SSSR count). The van der Waals surface area contributed by atoms with Crippen LogP contribution >= 0.6 is 11.6 Å². The molecule has 2 fully saturated rings. The van der Waals surface area contributed by atoms with Crippen LogP contribution in [0.3, 0.4) is 0 Å². The fraction of sp³-hybridized carbons (Fsp3) is 0.562. The number of rotatable bonds is 3. The zero-order valence-corrected chi connectivity index (χ0v) is 13.2. The number of hydrogen-bond donors (Lipinski definition) is 2. The normalized spacial score (nSPS) is 23.4. The number of carbonyl (C=O) groups is 1. The molecule has 1 saturated heterocycles. The van der Waals surface area contributed by atoms with Crippen molar-refractivity contribution in [2.75, 3.05) is 18.5 Å². The van der Waals surface area contributed by atoms with E-state index in [4.69, 9.17) is 21.1 Å². The molecule has 2 amide bonds. The smallest absolute Gasteiger partial charge is 0.319 e. The third-order valence-electron chi connectivity index (χ3n) is 4.12. The molecule has 1 aromatic carbocycles. The summed E-state index contributed by atoms with van der Waals surface area (Å²) in [4.78, 5) is 11.9. The van der Waals surface area contributed by atoms with E-state index >= 15 is 0 Å². The molecule has 0 unspecified atom stereocenters. The van der Waals surface area contributed by atoms with Crippen LogP contribution in [0.5, 0.6) is 0 Å². The van der Waals surface area contributed by atoms with Crippen LogP contribution in [0.25, 0.3) is 0 Å². The van der Waals surface area contributed by atoms with E-state index < -0.39 is 5.79 Å². The quantitative estimate of drug-likeness (QED) is 0.894. The van der Waals surface area contributed by atoms with Crippen LogP contribution in [-0.4, -0.2) is 31.1 Å². The summed E-state index contributed by atoms with van der Waals surface area (Å²) in [6.07, 6.45) is 5.39. The summed E-state index contributed by atoms with van der Waals surface area (Å²) >= 11 is 5.81. The highest BCUT2D eigenvalue weighted by Gasteiger charge is 2.42. The number of hydrogen-bond acceptors (Lipinski definition) is 3. The number of carbonyl (C=O) groups excluding carboxylic acids is 1. The van der Waals surface area contributed by atoms with Crippen molar-refractivity contribution in [3.8, 4) is 0 Å². The minimum atomic E-state index is -0.392. The first-order valence-electron chi connectivity index (χ1n) is 7.77. The summed E-state index contributed by atoms with van der Waals surface area (Å²) in [5.41, 5.74) is 0.703. The summed E-state index contributed by atoms with van der Waals surface area (Å²) in [6, 6.07) is 6.73. The first kappa shape index (κ1) is 15.6. The molecule has 0 aromatic heterocycles. The Morgan fingerprint density at radius 3 is 2.68 bits per heavy atom. The van der Waals surface area contributed by atoms with E-state index in [-0.39, 0.29) is 12.1 Å². The molecule has 2 N–H and O–H groups in total. The maximum absolute atomic E-state index is 11.9. The monoisotopic (exact) mass is 324 g/mol. The summed E-state index contributed by atoms with van der Waals surface area (Å²) in [5.74, 6) is -0.392. The second-order valence-corrected chi connectivity index (χ2v) is 6.30. The third-order valence-corrected chi connectivity index (χ3v) is 4.37. The zero-order chi connectivity index (χ0) is 15.4. The van der Waals surface area contributed by atoms with Gasteiger partial charge in [0.2, 0.25) is 0 Å². The largest absolute Gasteiger partial charge is 0.347 e. The van der Waals surface area contributed by atoms with Gasteiger partial charge in [-0.2, -0.15) is 0 Å². The maximum Gasteiger partial charge on any atom is 0.319 e. The van der Waals surface area contributed by atoms with E-state index in [1.807, 2.05) is 0 Å². The topological polar surface area (TPSA) is 59.6 Å². The van der Waals surface area contributed by atoms with Gasteiger partial charge in [0, 0.05) is 30.1 Å². The number of ether oxygens (including phenoxy) is 2. The molecule has 6 heteroatoms. The molecule has 1 aliphatic carbocycles. The Balaban J connectivity index is 1.43. The molecule has 120 valence electrons. The van der Waals surface area contributed by atoms with Crippen molar-refractivity contribution < 1.29 is 14.3 Å². The van der Waals surface area contributed by atoms with Crippen molar-refractivity contribution in [1.82, 2.24) is 5.32 Å². The fourth-order valence-corrected chi connectivity index (χ4v) is 3.11. The van der Waals surface area contributed by atoms with Gasteiger partial charge in [0.1, 0.15) is 6.10 Å². The molecule has 2 aliphatic rings. The highest BCUT2D eigenvalue weighted by molar-refractivity contribution is 6.30. The van der Waals surface area contributed by atoms with Crippen LogP contribution in [0.2, 0.25) is 5.02 Å². The lowest BCUT2D eigenvalue weighted by molar-refractivity contribution is -0.186. The average molecular weight is 325 g/mol. The van der Waals surface area contributed by atoms with Crippen molar-refractivity contribution >= 4 is 23.3 Å². The Kier molecular flexibility index (Phi) is 4.86. The highest BCUT2D eigenvalue weighted by Crippen LogP contribution is 2.37. The van der Waals surface area contributed by atoms with Crippen LogP contribution in [-0.2, 0) is 9.47 Å². The van der Waals surface area contributed by atoms with E-state index in [1.165, 1.54) is 6.42 Å². The van der Waals surface area contributed by atoms with E-state index in [0.717, 1.165) is 25.7 Å². The molecule has 1 saturated carbocycles. The van der Waals surface area contributed by atoms with Gasteiger partial charge < -0.3 is 20.1 Å². The van der Waals surface area contributed by atoms with Gasteiger partial charge in [-0.3, -0.25) is 0 Å². The standard InChI is InChI=1S/C16H21ClN2O3/c17-12-4-6-13(7-5-12)19-15(20)18-10-14-11-21-16(22-14)8-2-1-3-9-16/h4-7,14H,1-3,8-11H2,(H2,18,19,20)/t14-/m0/s1. The predicted molar refractivity (Wildman–Crippen MR) is 85.1 cm³/mol. The highest BCUT2D eigenvalue weighted by atomic mass is 35.5. The van der Waals surface area contributed by atoms with Gasteiger partial charge in [0.15, 0.2) is 5.79 Å². The molecule has 1 heterocycles. The molecule has 22 heavy (non-hydrogen) atoms. The average Bonchev–Trinajstić information content (AvgIpc) is 2.91. The molecule has 1 atom stereocenters. The number of halogens is 1. The lowest BCUT2D eigenvalue weighted by atomic mass is 9.94. The minimum Gasteiger partial charge on any atom is -0.347 e. The summed E-state index contributed by atoms with van der Waals surface area (Å²) in [5, 5.41) is 6.22. The van der Waals surface area contributed by atoms with Gasteiger partial charge >= 0.3 is 6.03 Å². The van der Waals surface area contributed by atoms with E-state index in [1.54, 1.807) is 24.3 Å². The number of urea groups is 1. The predicted octanol–water partition coefficient (Wildman–Crippen LogP) is 3.54. The van der Waals surface area contributed by atoms with Crippen molar-refractivity contribution in [3.05, 3.63) is 29.3 Å². The number of benzene rings is 1. The molecular formula is C16H21ClN2O3. The second kappa shape index (κ2) is 6.86. The lowest BCUT2D eigenvalue weighted by Crippen LogP contribution is -2.38. The van der Waals surface area contributed by atoms with Crippen LogP contribution in [0.1, 0.15) is 32.1 Å². The molecule has 0 bridgehead atoms. The SMILES string of the molecule is O=C(NC[C@H]1COC2(CCCCC2)O1)Nc1ccc(Cl)cc1. The van der Waals surface area contributed by atoms with E-state index in [9.17, 15) is 4.79 Å². The lowest BCUT2D eigenvalue weighted by Gasteiger charge is -2.31. The zero-order valence-electron chi connectivity index (χ0n) is 12.4. The number of anilines is 1. The number of amides is 2. The summed E-state index contributed by atoms with van der Waals surface area (Å²) in [6.45, 7) is 0.988. The summed E-state index contributed by atoms with van der Waals surface area (Å²) in [7, 11) is 0. The van der Waals surface area contributed by atoms with E-state index in [2.05, 4.69) is 10.6 Å². The second-order valence-electron chi connectivity index (χ2n) is 5.86.